The molecule has 1 aromatic rings. The molecule has 0 aromatic carbocycles. The molecule has 0 saturated carbocycles. The van der Waals surface area contributed by atoms with Gasteiger partial charge in [0.15, 0.2) is 0 Å². The summed E-state index contributed by atoms with van der Waals surface area (Å²) >= 11 is 0. The molecule has 1 rings (SSSR count). The summed E-state index contributed by atoms with van der Waals surface area (Å²) in [5.41, 5.74) is 1.04. The fourth-order valence-corrected chi connectivity index (χ4v) is 1.08. The van der Waals surface area contributed by atoms with Gasteiger partial charge in [0.1, 0.15) is 0 Å². The molecule has 0 fully saturated rings. The molecule has 74 valence electrons. The fraction of sp³-hybridized carbons (Fsp3) is 0.667. The van der Waals surface area contributed by atoms with Crippen molar-refractivity contribution < 1.29 is 5.11 Å². The Balaban J connectivity index is 2.13. The summed E-state index contributed by atoms with van der Waals surface area (Å²) in [6, 6.07) is 1.98. The van der Waals surface area contributed by atoms with Crippen molar-refractivity contribution in [1.82, 2.24) is 15.1 Å². The van der Waals surface area contributed by atoms with Crippen LogP contribution in [-0.4, -0.2) is 27.5 Å². The summed E-state index contributed by atoms with van der Waals surface area (Å²) in [4.78, 5) is 0. The Kier molecular flexibility index (Phi) is 3.92. The Morgan fingerprint density at radius 3 is 3.00 bits per heavy atom. The summed E-state index contributed by atoms with van der Waals surface area (Å²) in [5.74, 6) is 0. The summed E-state index contributed by atoms with van der Waals surface area (Å²) < 4.78 is 1.78. The van der Waals surface area contributed by atoms with Crippen LogP contribution in [0.3, 0.4) is 0 Å². The molecule has 0 aliphatic carbocycles. The first-order valence-corrected chi connectivity index (χ1v) is 4.56. The monoisotopic (exact) mass is 183 g/mol. The number of aryl methyl sites for hydroxylation is 1. The van der Waals surface area contributed by atoms with E-state index in [1.54, 1.807) is 11.6 Å². The highest BCUT2D eigenvalue weighted by molar-refractivity contribution is 4.97. The Morgan fingerprint density at radius 1 is 1.69 bits per heavy atom. The third-order valence-corrected chi connectivity index (χ3v) is 1.81. The Labute approximate surface area is 78.6 Å². The number of aromatic nitrogens is 2. The first-order valence-electron chi connectivity index (χ1n) is 4.56. The van der Waals surface area contributed by atoms with Crippen molar-refractivity contribution in [3.05, 3.63) is 18.0 Å². The predicted molar refractivity (Wildman–Crippen MR) is 51.2 cm³/mol. The van der Waals surface area contributed by atoms with Gasteiger partial charge in [-0.3, -0.25) is 4.68 Å². The lowest BCUT2D eigenvalue weighted by Gasteiger charge is -2.04. The van der Waals surface area contributed by atoms with Crippen LogP contribution in [0.15, 0.2) is 12.3 Å². The van der Waals surface area contributed by atoms with Crippen molar-refractivity contribution in [2.24, 2.45) is 7.05 Å². The van der Waals surface area contributed by atoms with Crippen LogP contribution < -0.4 is 5.32 Å². The van der Waals surface area contributed by atoms with Crippen LogP contribution in [0, 0.1) is 0 Å². The minimum atomic E-state index is -0.226. The van der Waals surface area contributed by atoms with Crippen LogP contribution >= 0.6 is 0 Å². The lowest BCUT2D eigenvalue weighted by Crippen LogP contribution is -2.18. The summed E-state index contributed by atoms with van der Waals surface area (Å²) in [7, 11) is 1.90. The molecule has 0 saturated heterocycles. The van der Waals surface area contributed by atoms with E-state index in [0.29, 0.717) is 0 Å². The molecule has 0 spiro atoms. The van der Waals surface area contributed by atoms with Crippen molar-refractivity contribution in [2.75, 3.05) is 6.54 Å². The average Bonchev–Trinajstić information content (AvgIpc) is 2.45. The van der Waals surface area contributed by atoms with Crippen molar-refractivity contribution in [1.29, 1.82) is 0 Å². The molecule has 2 N–H and O–H groups in total. The van der Waals surface area contributed by atoms with E-state index in [1.807, 2.05) is 19.3 Å². The second-order valence-electron chi connectivity index (χ2n) is 3.30. The quantitative estimate of drug-likeness (QED) is 0.645. The number of nitrogens with zero attached hydrogens (tertiary/aromatic N) is 2. The maximum Gasteiger partial charge on any atom is 0.0762 e. The third-order valence-electron chi connectivity index (χ3n) is 1.81. The first-order chi connectivity index (χ1) is 6.18. The number of aliphatic hydroxyl groups is 1. The standard InChI is InChI=1S/C9H17N3O/c1-8(13)3-5-10-7-9-4-6-12(2)11-9/h4,6,8,10,13H,3,5,7H2,1-2H3. The number of hydrogen-bond acceptors (Lipinski definition) is 3. The van der Waals surface area contributed by atoms with E-state index in [-0.39, 0.29) is 6.10 Å². The zero-order chi connectivity index (χ0) is 9.68. The second kappa shape index (κ2) is 4.99. The molecular weight excluding hydrogens is 166 g/mol. The summed E-state index contributed by atoms with van der Waals surface area (Å²) in [6.07, 6.45) is 2.48. The van der Waals surface area contributed by atoms with Gasteiger partial charge in [-0.05, 0) is 26.0 Å². The average molecular weight is 183 g/mol. The molecule has 1 aromatic heterocycles. The van der Waals surface area contributed by atoms with Crippen LogP contribution in [0.1, 0.15) is 19.0 Å². The molecule has 1 atom stereocenters. The van der Waals surface area contributed by atoms with Gasteiger partial charge in [0.05, 0.1) is 11.8 Å². The van der Waals surface area contributed by atoms with Crippen LogP contribution in [0.4, 0.5) is 0 Å². The van der Waals surface area contributed by atoms with Crippen LogP contribution in [0.2, 0.25) is 0 Å². The number of aliphatic hydroxyl groups excluding tert-OH is 1. The molecule has 0 aliphatic rings. The maximum atomic E-state index is 8.99. The van der Waals surface area contributed by atoms with E-state index in [1.165, 1.54) is 0 Å². The largest absolute Gasteiger partial charge is 0.393 e. The highest BCUT2D eigenvalue weighted by Crippen LogP contribution is 1.93. The Morgan fingerprint density at radius 2 is 2.46 bits per heavy atom. The highest BCUT2D eigenvalue weighted by Gasteiger charge is 1.97. The predicted octanol–water partition coefficient (Wildman–Crippen LogP) is 0.281. The van der Waals surface area contributed by atoms with Crippen LogP contribution in [-0.2, 0) is 13.6 Å². The lowest BCUT2D eigenvalue weighted by molar-refractivity contribution is 0.183. The maximum absolute atomic E-state index is 8.99. The summed E-state index contributed by atoms with van der Waals surface area (Å²) in [6.45, 7) is 3.39. The van der Waals surface area contributed by atoms with Gasteiger partial charge in [0.2, 0.25) is 0 Å². The van der Waals surface area contributed by atoms with Gasteiger partial charge in [0.25, 0.3) is 0 Å². The minimum Gasteiger partial charge on any atom is -0.393 e. The van der Waals surface area contributed by atoms with Gasteiger partial charge < -0.3 is 10.4 Å². The molecule has 0 aliphatic heterocycles. The van der Waals surface area contributed by atoms with Crippen molar-refractivity contribution in [3.63, 3.8) is 0 Å². The summed E-state index contributed by atoms with van der Waals surface area (Å²) in [5, 5.41) is 16.4. The Bertz CT molecular complexity index is 245. The smallest absolute Gasteiger partial charge is 0.0762 e. The van der Waals surface area contributed by atoms with Gasteiger partial charge in [-0.2, -0.15) is 5.10 Å². The molecule has 13 heavy (non-hydrogen) atoms. The van der Waals surface area contributed by atoms with Crippen molar-refractivity contribution in [3.8, 4) is 0 Å². The molecule has 1 unspecified atom stereocenters. The van der Waals surface area contributed by atoms with Gasteiger partial charge in [-0.25, -0.2) is 0 Å². The first kappa shape index (κ1) is 10.2. The molecular formula is C9H17N3O. The van der Waals surface area contributed by atoms with E-state index in [2.05, 4.69) is 10.4 Å². The molecule has 4 nitrogen and oxygen atoms in total. The Hall–Kier alpha value is -0.870. The van der Waals surface area contributed by atoms with Gasteiger partial charge in [-0.15, -0.1) is 0 Å². The molecule has 0 radical (unpaired) electrons. The highest BCUT2D eigenvalue weighted by atomic mass is 16.3. The SMILES string of the molecule is CC(O)CCNCc1ccn(C)n1. The third kappa shape index (κ3) is 4.05. The fourth-order valence-electron chi connectivity index (χ4n) is 1.08. The second-order valence-corrected chi connectivity index (χ2v) is 3.30. The number of nitrogens with one attached hydrogen (secondary N) is 1. The van der Waals surface area contributed by atoms with Gasteiger partial charge >= 0.3 is 0 Å². The van der Waals surface area contributed by atoms with Gasteiger partial charge in [-0.1, -0.05) is 0 Å². The lowest BCUT2D eigenvalue weighted by atomic mass is 10.3. The molecule has 1 heterocycles. The van der Waals surface area contributed by atoms with E-state index in [4.69, 9.17) is 5.11 Å². The number of hydrogen-bond donors (Lipinski definition) is 2. The van der Waals surface area contributed by atoms with Crippen LogP contribution in [0.5, 0.6) is 0 Å². The van der Waals surface area contributed by atoms with E-state index in [9.17, 15) is 0 Å². The van der Waals surface area contributed by atoms with E-state index >= 15 is 0 Å². The van der Waals surface area contributed by atoms with Crippen LogP contribution in [0.25, 0.3) is 0 Å². The zero-order valence-corrected chi connectivity index (χ0v) is 8.20. The molecule has 4 heteroatoms. The molecule has 0 amide bonds. The van der Waals surface area contributed by atoms with Gasteiger partial charge in [0, 0.05) is 19.8 Å². The normalized spacial score (nSPS) is 13.2. The van der Waals surface area contributed by atoms with E-state index < -0.39 is 0 Å². The van der Waals surface area contributed by atoms with Crippen molar-refractivity contribution in [2.45, 2.75) is 26.0 Å². The zero-order valence-electron chi connectivity index (χ0n) is 8.20. The van der Waals surface area contributed by atoms with E-state index in [0.717, 1.165) is 25.2 Å². The minimum absolute atomic E-state index is 0.226. The van der Waals surface area contributed by atoms with Crippen molar-refractivity contribution >= 4 is 0 Å². The topological polar surface area (TPSA) is 50.1 Å². The number of rotatable bonds is 5. The molecule has 0 bridgehead atoms.